The van der Waals surface area contributed by atoms with E-state index in [1.54, 1.807) is 13.0 Å². The fourth-order valence-electron chi connectivity index (χ4n) is 4.10. The summed E-state index contributed by atoms with van der Waals surface area (Å²) in [5, 5.41) is 4.69. The Morgan fingerprint density at radius 1 is 1.03 bits per heavy atom. The van der Waals surface area contributed by atoms with E-state index >= 15 is 0 Å². The molecule has 32 heavy (non-hydrogen) atoms. The van der Waals surface area contributed by atoms with Crippen LogP contribution in [-0.2, 0) is 12.0 Å². The van der Waals surface area contributed by atoms with Gasteiger partial charge in [0.15, 0.2) is 0 Å². The van der Waals surface area contributed by atoms with E-state index in [2.05, 4.69) is 55.1 Å². The summed E-state index contributed by atoms with van der Waals surface area (Å²) >= 11 is 6.35. The number of piperazine rings is 1. The number of aromatic nitrogens is 1. The highest BCUT2D eigenvalue weighted by molar-refractivity contribution is 6.33. The molecule has 1 aliphatic rings. The topological polar surface area (TPSA) is 49.6 Å². The Labute approximate surface area is 195 Å². The van der Waals surface area contributed by atoms with Crippen molar-refractivity contribution < 1.29 is 9.32 Å². The summed E-state index contributed by atoms with van der Waals surface area (Å²) in [6, 6.07) is 16.3. The molecule has 2 aromatic carbocycles. The molecule has 0 bridgehead atoms. The summed E-state index contributed by atoms with van der Waals surface area (Å²) in [5.41, 5.74) is 4.53. The van der Waals surface area contributed by atoms with E-state index in [4.69, 9.17) is 16.1 Å². The molecule has 4 rings (SSSR count). The van der Waals surface area contributed by atoms with Crippen LogP contribution in [0.3, 0.4) is 0 Å². The number of halogens is 1. The van der Waals surface area contributed by atoms with Gasteiger partial charge < -0.3 is 9.42 Å². The van der Waals surface area contributed by atoms with E-state index in [9.17, 15) is 4.79 Å². The first-order chi connectivity index (χ1) is 15.2. The average Bonchev–Trinajstić information content (AvgIpc) is 3.15. The largest absolute Gasteiger partial charge is 0.360 e. The van der Waals surface area contributed by atoms with Crippen molar-refractivity contribution in [2.75, 3.05) is 26.2 Å². The van der Waals surface area contributed by atoms with Crippen molar-refractivity contribution in [3.8, 4) is 11.3 Å². The number of carbonyl (C=O) groups is 1. The number of hydrogen-bond donors (Lipinski definition) is 0. The Kier molecular flexibility index (Phi) is 6.40. The lowest BCUT2D eigenvalue weighted by atomic mass is 9.87. The van der Waals surface area contributed by atoms with Gasteiger partial charge in [-0.15, -0.1) is 0 Å². The Morgan fingerprint density at radius 3 is 2.31 bits per heavy atom. The number of nitrogens with zero attached hydrogens (tertiary/aromatic N) is 3. The fourth-order valence-corrected chi connectivity index (χ4v) is 4.32. The van der Waals surface area contributed by atoms with E-state index < -0.39 is 0 Å². The van der Waals surface area contributed by atoms with Crippen molar-refractivity contribution >= 4 is 17.5 Å². The smallest absolute Gasteiger partial charge is 0.259 e. The molecule has 2 heterocycles. The molecular weight excluding hydrogens is 422 g/mol. The molecule has 5 nitrogen and oxygen atoms in total. The lowest BCUT2D eigenvalue weighted by Crippen LogP contribution is -2.48. The number of benzene rings is 2. The van der Waals surface area contributed by atoms with Crippen molar-refractivity contribution in [3.63, 3.8) is 0 Å². The second-order valence-corrected chi connectivity index (χ2v) is 9.86. The van der Waals surface area contributed by atoms with Gasteiger partial charge >= 0.3 is 0 Å². The Bertz CT molecular complexity index is 1090. The van der Waals surface area contributed by atoms with Crippen LogP contribution in [0.2, 0.25) is 5.02 Å². The van der Waals surface area contributed by atoms with Gasteiger partial charge in [-0.2, -0.15) is 0 Å². The highest BCUT2D eigenvalue weighted by atomic mass is 35.5. The average molecular weight is 452 g/mol. The van der Waals surface area contributed by atoms with E-state index in [-0.39, 0.29) is 11.3 Å². The predicted octanol–water partition coefficient (Wildman–Crippen LogP) is 5.56. The minimum atomic E-state index is -0.0483. The number of hydrogen-bond acceptors (Lipinski definition) is 4. The van der Waals surface area contributed by atoms with Crippen LogP contribution in [0, 0.1) is 6.92 Å². The quantitative estimate of drug-likeness (QED) is 0.521. The molecule has 0 radical (unpaired) electrons. The molecule has 1 fully saturated rings. The maximum atomic E-state index is 13.3. The molecule has 0 atom stereocenters. The maximum absolute atomic E-state index is 13.3. The molecule has 0 spiro atoms. The molecule has 1 aliphatic heterocycles. The Hall–Kier alpha value is -2.63. The van der Waals surface area contributed by atoms with Crippen molar-refractivity contribution in [1.82, 2.24) is 15.0 Å². The molecule has 168 valence electrons. The first-order valence-electron chi connectivity index (χ1n) is 11.1. The second kappa shape index (κ2) is 9.08. The lowest BCUT2D eigenvalue weighted by Gasteiger charge is -2.34. The summed E-state index contributed by atoms with van der Waals surface area (Å²) in [6.07, 6.45) is 0. The Morgan fingerprint density at radius 2 is 1.69 bits per heavy atom. The van der Waals surface area contributed by atoms with Gasteiger partial charge in [0, 0.05) is 38.3 Å². The molecule has 0 N–H and O–H groups in total. The molecule has 1 saturated heterocycles. The summed E-state index contributed by atoms with van der Waals surface area (Å²) in [5.74, 6) is 0.471. The van der Waals surface area contributed by atoms with Crippen LogP contribution in [0.4, 0.5) is 0 Å². The zero-order valence-corrected chi connectivity index (χ0v) is 19.9. The maximum Gasteiger partial charge on any atom is 0.259 e. The zero-order chi connectivity index (χ0) is 22.9. The van der Waals surface area contributed by atoms with Gasteiger partial charge in [0.1, 0.15) is 17.0 Å². The lowest BCUT2D eigenvalue weighted by molar-refractivity contribution is 0.0627. The molecule has 3 aromatic rings. The van der Waals surface area contributed by atoms with Crippen LogP contribution in [-0.4, -0.2) is 47.0 Å². The number of aryl methyl sites for hydroxylation is 1. The monoisotopic (exact) mass is 451 g/mol. The van der Waals surface area contributed by atoms with Crippen LogP contribution in [0.1, 0.15) is 48.0 Å². The van der Waals surface area contributed by atoms with E-state index in [1.165, 1.54) is 11.1 Å². The van der Waals surface area contributed by atoms with Crippen LogP contribution in [0.5, 0.6) is 0 Å². The van der Waals surface area contributed by atoms with Crippen LogP contribution >= 0.6 is 11.6 Å². The summed E-state index contributed by atoms with van der Waals surface area (Å²) in [4.78, 5) is 17.6. The van der Waals surface area contributed by atoms with E-state index in [0.717, 1.165) is 19.6 Å². The van der Waals surface area contributed by atoms with Crippen LogP contribution < -0.4 is 0 Å². The summed E-state index contributed by atoms with van der Waals surface area (Å²) < 4.78 is 5.38. The number of rotatable bonds is 4. The SMILES string of the molecule is Cc1onc(-c2ccccc2Cl)c1C(=O)N1CCN(Cc2ccc(C(C)(C)C)cc2)CC1. The van der Waals surface area contributed by atoms with Gasteiger partial charge in [0.2, 0.25) is 0 Å². The Balaban J connectivity index is 1.42. The van der Waals surface area contributed by atoms with Gasteiger partial charge in [0.25, 0.3) is 5.91 Å². The summed E-state index contributed by atoms with van der Waals surface area (Å²) in [7, 11) is 0. The highest BCUT2D eigenvalue weighted by Gasteiger charge is 2.29. The summed E-state index contributed by atoms with van der Waals surface area (Å²) in [6.45, 7) is 12.4. The van der Waals surface area contributed by atoms with Crippen molar-refractivity contribution in [3.05, 3.63) is 76.0 Å². The minimum absolute atomic E-state index is 0.0483. The van der Waals surface area contributed by atoms with Crippen molar-refractivity contribution in [1.29, 1.82) is 0 Å². The number of carbonyl (C=O) groups excluding carboxylic acids is 1. The van der Waals surface area contributed by atoms with Gasteiger partial charge in [-0.25, -0.2) is 0 Å². The minimum Gasteiger partial charge on any atom is -0.360 e. The van der Waals surface area contributed by atoms with Gasteiger partial charge in [-0.3, -0.25) is 9.69 Å². The van der Waals surface area contributed by atoms with Gasteiger partial charge in [0.05, 0.1) is 5.02 Å². The molecule has 0 aliphatic carbocycles. The van der Waals surface area contributed by atoms with Crippen LogP contribution in [0.15, 0.2) is 53.1 Å². The van der Waals surface area contributed by atoms with E-state index in [0.29, 0.717) is 40.7 Å². The second-order valence-electron chi connectivity index (χ2n) is 9.46. The third kappa shape index (κ3) is 4.74. The first kappa shape index (κ1) is 22.6. The van der Waals surface area contributed by atoms with Crippen molar-refractivity contribution in [2.45, 2.75) is 39.7 Å². The molecule has 1 aromatic heterocycles. The van der Waals surface area contributed by atoms with Gasteiger partial charge in [-0.1, -0.05) is 80.0 Å². The third-order valence-electron chi connectivity index (χ3n) is 6.09. The zero-order valence-electron chi connectivity index (χ0n) is 19.2. The number of amides is 1. The van der Waals surface area contributed by atoms with Gasteiger partial charge in [-0.05, 0) is 29.5 Å². The van der Waals surface area contributed by atoms with Crippen molar-refractivity contribution in [2.24, 2.45) is 0 Å². The standard InChI is InChI=1S/C26H30ClN3O2/c1-18-23(24(28-32-18)21-7-5-6-8-22(21)27)25(31)30-15-13-29(14-16-30)17-19-9-11-20(12-10-19)26(2,3)4/h5-12H,13-17H2,1-4H3. The molecular formula is C26H30ClN3O2. The van der Waals surface area contributed by atoms with E-state index in [1.807, 2.05) is 23.1 Å². The molecule has 0 saturated carbocycles. The predicted molar refractivity (Wildman–Crippen MR) is 128 cm³/mol. The normalized spacial score (nSPS) is 15.2. The molecule has 1 amide bonds. The highest BCUT2D eigenvalue weighted by Crippen LogP contribution is 2.32. The molecule has 0 unspecified atom stereocenters. The van der Waals surface area contributed by atoms with Crippen LogP contribution in [0.25, 0.3) is 11.3 Å². The molecule has 6 heteroatoms. The third-order valence-corrected chi connectivity index (χ3v) is 6.42. The fraction of sp³-hybridized carbons (Fsp3) is 0.385. The first-order valence-corrected chi connectivity index (χ1v) is 11.4.